The number of aryl methyl sites for hydroxylation is 1. The number of carbonyl (C=O) groups is 1. The molecule has 0 atom stereocenters. The lowest BCUT2D eigenvalue weighted by molar-refractivity contribution is 0.0952. The fraction of sp³-hybridized carbons (Fsp3) is 0.400. The highest BCUT2D eigenvalue weighted by atomic mass is 35.5. The summed E-state index contributed by atoms with van der Waals surface area (Å²) in [6.07, 6.45) is 10.3. The van der Waals surface area contributed by atoms with Gasteiger partial charge in [0.05, 0.1) is 16.1 Å². The molecule has 0 aliphatic heterocycles. The number of amides is 1. The van der Waals surface area contributed by atoms with E-state index < -0.39 is 0 Å². The summed E-state index contributed by atoms with van der Waals surface area (Å²) >= 11 is 11.7. The smallest absolute Gasteiger partial charge is 0.252 e. The summed E-state index contributed by atoms with van der Waals surface area (Å²) in [5, 5.41) is 8.35. The molecule has 1 amide bonds. The van der Waals surface area contributed by atoms with E-state index in [1.807, 2.05) is 0 Å². The Labute approximate surface area is 198 Å². The standard InChI is InChI=1S/C25H28Cl2N4O/c26-20-15-17(16-30-24(20)27)25(32)29-14-8-2-1-7-13-28-23-18-9-3-5-11-21(18)31-22-12-6-4-10-19(22)23/h3,5,9,11,15-16H,1-2,4,6-8,10,12-14H2,(H,28,31)(H,29,32). The van der Waals surface area contributed by atoms with Crippen LogP contribution in [0, 0.1) is 0 Å². The Bertz CT molecular complexity index is 1100. The third-order valence-corrected chi connectivity index (χ3v) is 6.60. The molecule has 3 aromatic rings. The molecule has 168 valence electrons. The number of para-hydroxylation sites is 1. The third kappa shape index (κ3) is 5.51. The zero-order valence-electron chi connectivity index (χ0n) is 18.1. The van der Waals surface area contributed by atoms with Crippen LogP contribution in [0.2, 0.25) is 10.2 Å². The quantitative estimate of drug-likeness (QED) is 0.287. The number of nitrogens with one attached hydrogen (secondary N) is 2. The maximum Gasteiger partial charge on any atom is 0.252 e. The van der Waals surface area contributed by atoms with Crippen LogP contribution in [-0.4, -0.2) is 29.0 Å². The first-order valence-electron chi connectivity index (χ1n) is 11.4. The lowest BCUT2D eigenvalue weighted by atomic mass is 9.92. The normalized spacial score (nSPS) is 13.1. The molecule has 0 radical (unpaired) electrons. The molecule has 0 fully saturated rings. The average Bonchev–Trinajstić information content (AvgIpc) is 2.81. The molecule has 32 heavy (non-hydrogen) atoms. The molecular weight excluding hydrogens is 443 g/mol. The number of fused-ring (bicyclic) bond motifs is 2. The molecule has 2 aromatic heterocycles. The molecule has 2 heterocycles. The van der Waals surface area contributed by atoms with Crippen LogP contribution in [0.15, 0.2) is 36.5 Å². The molecule has 5 nitrogen and oxygen atoms in total. The maximum atomic E-state index is 12.2. The molecule has 0 saturated heterocycles. The van der Waals surface area contributed by atoms with Crippen molar-refractivity contribution < 1.29 is 4.79 Å². The topological polar surface area (TPSA) is 66.9 Å². The van der Waals surface area contributed by atoms with E-state index in [-0.39, 0.29) is 16.1 Å². The number of halogens is 2. The van der Waals surface area contributed by atoms with Gasteiger partial charge in [0.2, 0.25) is 0 Å². The number of pyridine rings is 2. The van der Waals surface area contributed by atoms with Crippen molar-refractivity contribution in [1.82, 2.24) is 15.3 Å². The molecule has 1 aliphatic rings. The number of aromatic nitrogens is 2. The highest BCUT2D eigenvalue weighted by Crippen LogP contribution is 2.33. The Morgan fingerprint density at radius 3 is 2.62 bits per heavy atom. The number of carbonyl (C=O) groups excluding carboxylic acids is 1. The van der Waals surface area contributed by atoms with E-state index in [2.05, 4.69) is 39.9 Å². The Morgan fingerprint density at radius 1 is 1.00 bits per heavy atom. The van der Waals surface area contributed by atoms with Gasteiger partial charge < -0.3 is 10.6 Å². The van der Waals surface area contributed by atoms with Crippen LogP contribution in [0.4, 0.5) is 5.69 Å². The zero-order chi connectivity index (χ0) is 22.3. The number of unbranched alkanes of at least 4 members (excludes halogenated alkanes) is 3. The van der Waals surface area contributed by atoms with E-state index in [9.17, 15) is 4.79 Å². The van der Waals surface area contributed by atoms with Crippen molar-refractivity contribution >= 4 is 45.7 Å². The number of benzene rings is 1. The van der Waals surface area contributed by atoms with Crippen molar-refractivity contribution in [3.05, 3.63) is 63.5 Å². The van der Waals surface area contributed by atoms with Crippen molar-refractivity contribution in [3.8, 4) is 0 Å². The number of anilines is 1. The zero-order valence-corrected chi connectivity index (χ0v) is 19.6. The Kier molecular flexibility index (Phi) is 7.82. The lowest BCUT2D eigenvalue weighted by Crippen LogP contribution is -2.24. The second-order valence-corrected chi connectivity index (χ2v) is 9.00. The maximum absolute atomic E-state index is 12.2. The molecule has 1 aliphatic carbocycles. The van der Waals surface area contributed by atoms with Gasteiger partial charge in [0.1, 0.15) is 5.15 Å². The fourth-order valence-corrected chi connectivity index (χ4v) is 4.51. The van der Waals surface area contributed by atoms with Crippen molar-refractivity contribution in [1.29, 1.82) is 0 Å². The van der Waals surface area contributed by atoms with Crippen LogP contribution >= 0.6 is 23.2 Å². The number of hydrogen-bond acceptors (Lipinski definition) is 4. The van der Waals surface area contributed by atoms with Crippen molar-refractivity contribution in [2.45, 2.75) is 51.4 Å². The molecule has 1 aromatic carbocycles. The summed E-state index contributed by atoms with van der Waals surface area (Å²) in [5.41, 5.74) is 5.48. The van der Waals surface area contributed by atoms with Crippen LogP contribution in [-0.2, 0) is 12.8 Å². The predicted octanol–water partition coefficient (Wildman–Crippen LogP) is 6.22. The van der Waals surface area contributed by atoms with Crippen molar-refractivity contribution in [2.24, 2.45) is 0 Å². The predicted molar refractivity (Wildman–Crippen MR) is 132 cm³/mol. The summed E-state index contributed by atoms with van der Waals surface area (Å²) in [6.45, 7) is 1.58. The Balaban J connectivity index is 1.21. The van der Waals surface area contributed by atoms with E-state index in [1.54, 1.807) is 6.07 Å². The van der Waals surface area contributed by atoms with Gasteiger partial charge >= 0.3 is 0 Å². The Hall–Kier alpha value is -2.37. The van der Waals surface area contributed by atoms with E-state index in [1.165, 1.54) is 41.4 Å². The van der Waals surface area contributed by atoms with Gasteiger partial charge in [-0.3, -0.25) is 9.78 Å². The first kappa shape index (κ1) is 22.8. The molecule has 7 heteroatoms. The van der Waals surface area contributed by atoms with Crippen molar-refractivity contribution in [2.75, 3.05) is 18.4 Å². The van der Waals surface area contributed by atoms with Gasteiger partial charge in [-0.1, -0.05) is 54.2 Å². The van der Waals surface area contributed by atoms with Crippen LogP contribution < -0.4 is 10.6 Å². The molecule has 0 bridgehead atoms. The van der Waals surface area contributed by atoms with Crippen LogP contribution in [0.5, 0.6) is 0 Å². The first-order valence-corrected chi connectivity index (χ1v) is 12.1. The summed E-state index contributed by atoms with van der Waals surface area (Å²) in [6, 6.07) is 9.97. The molecular formula is C25H28Cl2N4O. The van der Waals surface area contributed by atoms with Gasteiger partial charge in [-0.25, -0.2) is 4.98 Å². The summed E-state index contributed by atoms with van der Waals surface area (Å²) in [5.74, 6) is -0.174. The minimum absolute atomic E-state index is 0.174. The van der Waals surface area contributed by atoms with E-state index in [0.29, 0.717) is 12.1 Å². The summed E-state index contributed by atoms with van der Waals surface area (Å²) in [4.78, 5) is 21.0. The van der Waals surface area contributed by atoms with E-state index in [4.69, 9.17) is 28.2 Å². The van der Waals surface area contributed by atoms with Gasteiger partial charge in [-0.2, -0.15) is 0 Å². The second-order valence-electron chi connectivity index (χ2n) is 8.23. The summed E-state index contributed by atoms with van der Waals surface area (Å²) < 4.78 is 0. The number of nitrogens with zero attached hydrogens (tertiary/aromatic N) is 2. The van der Waals surface area contributed by atoms with Gasteiger partial charge in [0.25, 0.3) is 5.91 Å². The van der Waals surface area contributed by atoms with Gasteiger partial charge in [-0.05, 0) is 56.2 Å². The minimum Gasteiger partial charge on any atom is -0.384 e. The van der Waals surface area contributed by atoms with Gasteiger partial charge in [-0.15, -0.1) is 0 Å². The number of rotatable bonds is 9. The van der Waals surface area contributed by atoms with Crippen LogP contribution in [0.1, 0.15) is 60.1 Å². The van der Waals surface area contributed by atoms with Gasteiger partial charge in [0, 0.05) is 36.1 Å². The van der Waals surface area contributed by atoms with Crippen molar-refractivity contribution in [3.63, 3.8) is 0 Å². The molecule has 0 unspecified atom stereocenters. The number of hydrogen-bond donors (Lipinski definition) is 2. The van der Waals surface area contributed by atoms with E-state index in [0.717, 1.165) is 50.6 Å². The summed E-state index contributed by atoms with van der Waals surface area (Å²) in [7, 11) is 0. The Morgan fingerprint density at radius 2 is 1.78 bits per heavy atom. The molecule has 0 saturated carbocycles. The minimum atomic E-state index is -0.174. The molecule has 2 N–H and O–H groups in total. The highest BCUT2D eigenvalue weighted by Gasteiger charge is 2.17. The second kappa shape index (κ2) is 11.0. The third-order valence-electron chi connectivity index (χ3n) is 5.92. The van der Waals surface area contributed by atoms with Crippen LogP contribution in [0.3, 0.4) is 0 Å². The highest BCUT2D eigenvalue weighted by molar-refractivity contribution is 6.41. The largest absolute Gasteiger partial charge is 0.384 e. The average molecular weight is 471 g/mol. The van der Waals surface area contributed by atoms with Crippen LogP contribution in [0.25, 0.3) is 10.9 Å². The lowest BCUT2D eigenvalue weighted by Gasteiger charge is -2.21. The van der Waals surface area contributed by atoms with Gasteiger partial charge in [0.15, 0.2) is 0 Å². The fourth-order valence-electron chi connectivity index (χ4n) is 4.24. The van der Waals surface area contributed by atoms with E-state index >= 15 is 0 Å². The molecule has 0 spiro atoms. The SMILES string of the molecule is O=C(NCCCCCCNc1c2c(nc3ccccc13)CCCC2)c1cnc(Cl)c(Cl)c1. The monoisotopic (exact) mass is 470 g/mol. The molecule has 4 rings (SSSR count). The first-order chi connectivity index (χ1) is 15.6.